The van der Waals surface area contributed by atoms with Gasteiger partial charge in [0.05, 0.1) is 11.4 Å². The van der Waals surface area contributed by atoms with E-state index in [1.165, 1.54) is 16.7 Å². The summed E-state index contributed by atoms with van der Waals surface area (Å²) in [6.45, 7) is 2.08. The van der Waals surface area contributed by atoms with Crippen LogP contribution in [0.3, 0.4) is 0 Å². The molecule has 3 rings (SSSR count). The summed E-state index contributed by atoms with van der Waals surface area (Å²) in [7, 11) is 0. The number of nitrogens with one attached hydrogen (secondary N) is 1. The third-order valence-corrected chi connectivity index (χ3v) is 3.88. The van der Waals surface area contributed by atoms with Gasteiger partial charge in [-0.25, -0.2) is 0 Å². The number of hydrazone groups is 1. The monoisotopic (exact) mass is 314 g/mol. The number of nitrogens with zero attached hydrogens (tertiary/aromatic N) is 1. The first-order valence-corrected chi connectivity index (χ1v) is 7.20. The van der Waals surface area contributed by atoms with Crippen molar-refractivity contribution in [3.8, 4) is 0 Å². The quantitative estimate of drug-likeness (QED) is 0.810. The molecule has 0 spiro atoms. The number of halogens is 1. The van der Waals surface area contributed by atoms with E-state index in [9.17, 15) is 0 Å². The zero-order valence-electron chi connectivity index (χ0n) is 10.8. The molecule has 0 saturated heterocycles. The molecule has 0 fully saturated rings. The van der Waals surface area contributed by atoms with Crippen LogP contribution in [-0.2, 0) is 6.42 Å². The molecule has 0 atom stereocenters. The van der Waals surface area contributed by atoms with Gasteiger partial charge in [-0.1, -0.05) is 39.7 Å². The first-order chi connectivity index (χ1) is 9.22. The fourth-order valence-electron chi connectivity index (χ4n) is 2.30. The van der Waals surface area contributed by atoms with E-state index in [2.05, 4.69) is 75.8 Å². The van der Waals surface area contributed by atoms with Gasteiger partial charge in [-0.15, -0.1) is 0 Å². The average Bonchev–Trinajstić information content (AvgIpc) is 2.80. The molecular weight excluding hydrogens is 300 g/mol. The summed E-state index contributed by atoms with van der Waals surface area (Å²) >= 11 is 3.52. The summed E-state index contributed by atoms with van der Waals surface area (Å²) in [4.78, 5) is 0. The van der Waals surface area contributed by atoms with Crippen LogP contribution in [0.15, 0.2) is 52.0 Å². The second kappa shape index (κ2) is 5.17. The molecule has 0 saturated carbocycles. The van der Waals surface area contributed by atoms with Crippen molar-refractivity contribution >= 4 is 27.3 Å². The van der Waals surface area contributed by atoms with Gasteiger partial charge in [0.15, 0.2) is 0 Å². The zero-order chi connectivity index (χ0) is 13.2. The second-order valence-electron chi connectivity index (χ2n) is 4.84. The Hall–Kier alpha value is -1.61. The molecule has 0 bridgehead atoms. The molecule has 0 heterocycles. The molecule has 0 aliphatic heterocycles. The lowest BCUT2D eigenvalue weighted by Crippen LogP contribution is -2.00. The van der Waals surface area contributed by atoms with Crippen molar-refractivity contribution in [2.24, 2.45) is 5.10 Å². The molecule has 1 aliphatic carbocycles. The third kappa shape index (κ3) is 2.71. The van der Waals surface area contributed by atoms with Gasteiger partial charge in [-0.05, 0) is 49.6 Å². The fraction of sp³-hybridized carbons (Fsp3) is 0.188. The molecule has 1 aliphatic rings. The highest BCUT2D eigenvalue weighted by atomic mass is 79.9. The molecule has 0 amide bonds. The lowest BCUT2D eigenvalue weighted by Gasteiger charge is -2.04. The van der Waals surface area contributed by atoms with Gasteiger partial charge < -0.3 is 0 Å². The number of hydrogen-bond donors (Lipinski definition) is 1. The lowest BCUT2D eigenvalue weighted by molar-refractivity contribution is 1.09. The molecule has 2 aromatic rings. The molecule has 96 valence electrons. The highest BCUT2D eigenvalue weighted by Crippen LogP contribution is 2.26. The predicted octanol–water partition coefficient (Wildman–Crippen LogP) is 4.52. The van der Waals surface area contributed by atoms with Gasteiger partial charge in [-0.2, -0.15) is 5.10 Å². The molecule has 0 radical (unpaired) electrons. The van der Waals surface area contributed by atoms with Crippen molar-refractivity contribution in [1.82, 2.24) is 0 Å². The van der Waals surface area contributed by atoms with Gasteiger partial charge >= 0.3 is 0 Å². The summed E-state index contributed by atoms with van der Waals surface area (Å²) in [5.74, 6) is 0. The Morgan fingerprint density at radius 3 is 2.63 bits per heavy atom. The maximum absolute atomic E-state index is 4.55. The number of rotatable bonds is 2. The second-order valence-corrected chi connectivity index (χ2v) is 5.75. The van der Waals surface area contributed by atoms with Crippen LogP contribution in [0.2, 0.25) is 0 Å². The topological polar surface area (TPSA) is 24.4 Å². The molecule has 2 aromatic carbocycles. The van der Waals surface area contributed by atoms with Crippen LogP contribution in [0, 0.1) is 6.92 Å². The van der Waals surface area contributed by atoms with Crippen LogP contribution >= 0.6 is 15.9 Å². The van der Waals surface area contributed by atoms with E-state index in [-0.39, 0.29) is 0 Å². The minimum Gasteiger partial charge on any atom is -0.278 e. The Morgan fingerprint density at radius 1 is 1.05 bits per heavy atom. The summed E-state index contributed by atoms with van der Waals surface area (Å²) in [6.07, 6.45) is 2.08. The van der Waals surface area contributed by atoms with Crippen molar-refractivity contribution in [3.05, 3.63) is 63.6 Å². The SMILES string of the molecule is Cc1ccc(N/N=C2\CCc3ccc(Br)cc32)cc1. The summed E-state index contributed by atoms with van der Waals surface area (Å²) in [6, 6.07) is 14.7. The van der Waals surface area contributed by atoms with Crippen LogP contribution in [0.5, 0.6) is 0 Å². The molecule has 2 nitrogen and oxygen atoms in total. The van der Waals surface area contributed by atoms with Crippen LogP contribution in [0.1, 0.15) is 23.1 Å². The van der Waals surface area contributed by atoms with E-state index in [4.69, 9.17) is 0 Å². The molecule has 0 unspecified atom stereocenters. The number of hydrogen-bond acceptors (Lipinski definition) is 2. The standard InChI is InChI=1S/C16H15BrN2/c1-11-2-7-14(8-3-11)18-19-16-9-5-12-4-6-13(17)10-15(12)16/h2-4,6-8,10,18H,5,9H2,1H3/b19-16+. The van der Waals surface area contributed by atoms with Crippen molar-refractivity contribution in [2.75, 3.05) is 5.43 Å². The van der Waals surface area contributed by atoms with Gasteiger partial charge in [-0.3, -0.25) is 5.43 Å². The summed E-state index contributed by atoms with van der Waals surface area (Å²) in [5, 5.41) is 4.55. The summed E-state index contributed by atoms with van der Waals surface area (Å²) in [5.41, 5.74) is 9.21. The van der Waals surface area contributed by atoms with Crippen molar-refractivity contribution in [2.45, 2.75) is 19.8 Å². The fourth-order valence-corrected chi connectivity index (χ4v) is 2.66. The Kier molecular flexibility index (Phi) is 3.38. The van der Waals surface area contributed by atoms with Crippen molar-refractivity contribution in [1.29, 1.82) is 0 Å². The Morgan fingerprint density at radius 2 is 1.84 bits per heavy atom. The number of aryl methyl sites for hydroxylation is 2. The zero-order valence-corrected chi connectivity index (χ0v) is 12.4. The van der Waals surface area contributed by atoms with Crippen LogP contribution in [0.25, 0.3) is 0 Å². The first-order valence-electron chi connectivity index (χ1n) is 6.40. The van der Waals surface area contributed by atoms with Crippen LogP contribution < -0.4 is 5.43 Å². The Balaban J connectivity index is 1.83. The van der Waals surface area contributed by atoms with Crippen molar-refractivity contribution < 1.29 is 0 Å². The minimum absolute atomic E-state index is 1.00. The molecule has 19 heavy (non-hydrogen) atoms. The molecule has 1 N–H and O–H groups in total. The van der Waals surface area contributed by atoms with Crippen LogP contribution in [0.4, 0.5) is 5.69 Å². The largest absolute Gasteiger partial charge is 0.278 e. The van der Waals surface area contributed by atoms with E-state index in [0.717, 1.165) is 28.7 Å². The minimum atomic E-state index is 1.00. The smallest absolute Gasteiger partial charge is 0.0685 e. The number of benzene rings is 2. The average molecular weight is 315 g/mol. The maximum Gasteiger partial charge on any atom is 0.0685 e. The van der Waals surface area contributed by atoms with Crippen LogP contribution in [-0.4, -0.2) is 5.71 Å². The number of anilines is 1. The lowest BCUT2D eigenvalue weighted by atomic mass is 10.1. The van der Waals surface area contributed by atoms with E-state index in [1.54, 1.807) is 0 Å². The van der Waals surface area contributed by atoms with E-state index < -0.39 is 0 Å². The Bertz CT molecular complexity index is 630. The van der Waals surface area contributed by atoms with E-state index >= 15 is 0 Å². The number of fused-ring (bicyclic) bond motifs is 1. The molecule has 3 heteroatoms. The van der Waals surface area contributed by atoms with Gasteiger partial charge in [0.25, 0.3) is 0 Å². The van der Waals surface area contributed by atoms with E-state index in [0.29, 0.717) is 0 Å². The molecule has 0 aromatic heterocycles. The highest BCUT2D eigenvalue weighted by molar-refractivity contribution is 9.10. The normalized spacial score (nSPS) is 15.6. The van der Waals surface area contributed by atoms with Gasteiger partial charge in [0, 0.05) is 10.0 Å². The summed E-state index contributed by atoms with van der Waals surface area (Å²) < 4.78 is 1.11. The third-order valence-electron chi connectivity index (χ3n) is 3.39. The predicted molar refractivity (Wildman–Crippen MR) is 83.8 cm³/mol. The van der Waals surface area contributed by atoms with Crippen molar-refractivity contribution in [3.63, 3.8) is 0 Å². The first kappa shape index (κ1) is 12.4. The van der Waals surface area contributed by atoms with Gasteiger partial charge in [0.1, 0.15) is 0 Å². The van der Waals surface area contributed by atoms with E-state index in [1.807, 2.05) is 0 Å². The maximum atomic E-state index is 4.55. The van der Waals surface area contributed by atoms with Gasteiger partial charge in [0.2, 0.25) is 0 Å². The molecular formula is C16H15BrN2. The highest BCUT2D eigenvalue weighted by Gasteiger charge is 2.17. The Labute approximate surface area is 121 Å².